The standard InChI is InChI=1S/C22H16BrNO4/c1-2-26-20-6-4-3-5-17(20)21-24-18(22(25)28-21)13-16-11-12-19(27-16)14-7-9-15(23)10-8-14/h3-13H,2H2,1H3/b18-13-. The third-order valence-corrected chi connectivity index (χ3v) is 4.60. The van der Waals surface area contributed by atoms with E-state index in [0.717, 1.165) is 10.0 Å². The lowest BCUT2D eigenvalue weighted by molar-refractivity contribution is -0.129. The summed E-state index contributed by atoms with van der Waals surface area (Å²) in [5.74, 6) is 1.54. The SMILES string of the molecule is CCOc1ccccc1C1=N/C(=C\c2ccc(-c3ccc(Br)cc3)o2)C(=O)O1. The summed E-state index contributed by atoms with van der Waals surface area (Å²) in [6.45, 7) is 2.40. The van der Waals surface area contributed by atoms with Gasteiger partial charge in [-0.1, -0.05) is 40.2 Å². The van der Waals surface area contributed by atoms with Gasteiger partial charge in [0.25, 0.3) is 0 Å². The summed E-state index contributed by atoms with van der Waals surface area (Å²) < 4.78 is 17.7. The van der Waals surface area contributed by atoms with E-state index in [1.807, 2.05) is 55.5 Å². The van der Waals surface area contributed by atoms with Crippen molar-refractivity contribution in [2.75, 3.05) is 6.61 Å². The Morgan fingerprint density at radius 2 is 1.86 bits per heavy atom. The number of carbonyl (C=O) groups excluding carboxylic acids is 1. The lowest BCUT2D eigenvalue weighted by Gasteiger charge is -2.08. The van der Waals surface area contributed by atoms with Crippen molar-refractivity contribution >= 4 is 33.9 Å². The fraction of sp³-hybridized carbons (Fsp3) is 0.0909. The number of benzene rings is 2. The first-order valence-corrected chi connectivity index (χ1v) is 9.54. The van der Waals surface area contributed by atoms with Gasteiger partial charge in [0.1, 0.15) is 17.3 Å². The molecule has 0 atom stereocenters. The van der Waals surface area contributed by atoms with Crippen molar-refractivity contribution in [3.8, 4) is 17.1 Å². The molecule has 0 saturated heterocycles. The first-order chi connectivity index (χ1) is 13.6. The van der Waals surface area contributed by atoms with Crippen LogP contribution in [0.25, 0.3) is 17.4 Å². The predicted molar refractivity (Wildman–Crippen MR) is 110 cm³/mol. The average molecular weight is 438 g/mol. The van der Waals surface area contributed by atoms with Gasteiger partial charge in [0.2, 0.25) is 5.90 Å². The van der Waals surface area contributed by atoms with Crippen LogP contribution in [0.3, 0.4) is 0 Å². The van der Waals surface area contributed by atoms with Gasteiger partial charge in [-0.15, -0.1) is 0 Å². The first-order valence-electron chi connectivity index (χ1n) is 8.74. The highest BCUT2D eigenvalue weighted by Gasteiger charge is 2.26. The molecule has 0 saturated carbocycles. The molecule has 28 heavy (non-hydrogen) atoms. The zero-order valence-corrected chi connectivity index (χ0v) is 16.6. The van der Waals surface area contributed by atoms with Gasteiger partial charge >= 0.3 is 5.97 Å². The molecule has 5 nitrogen and oxygen atoms in total. The molecule has 3 aromatic rings. The lowest BCUT2D eigenvalue weighted by Crippen LogP contribution is -2.07. The van der Waals surface area contributed by atoms with Gasteiger partial charge in [0.15, 0.2) is 5.70 Å². The number of esters is 1. The normalized spacial score (nSPS) is 14.9. The molecule has 6 heteroatoms. The van der Waals surface area contributed by atoms with E-state index in [9.17, 15) is 4.79 Å². The summed E-state index contributed by atoms with van der Waals surface area (Å²) >= 11 is 3.41. The van der Waals surface area contributed by atoms with E-state index in [1.165, 1.54) is 0 Å². The van der Waals surface area contributed by atoms with Crippen molar-refractivity contribution in [2.24, 2.45) is 4.99 Å². The smallest absolute Gasteiger partial charge is 0.363 e. The van der Waals surface area contributed by atoms with Crippen LogP contribution in [0.15, 0.2) is 80.2 Å². The van der Waals surface area contributed by atoms with Gasteiger partial charge < -0.3 is 13.9 Å². The minimum absolute atomic E-state index is 0.179. The monoisotopic (exact) mass is 437 g/mol. The van der Waals surface area contributed by atoms with Crippen molar-refractivity contribution in [3.63, 3.8) is 0 Å². The summed E-state index contributed by atoms with van der Waals surface area (Å²) in [5.41, 5.74) is 1.76. The maximum Gasteiger partial charge on any atom is 0.363 e. The first kappa shape index (κ1) is 18.3. The molecule has 0 amide bonds. The second-order valence-electron chi connectivity index (χ2n) is 5.97. The Hall–Kier alpha value is -3.12. The largest absolute Gasteiger partial charge is 0.493 e. The molecule has 1 aliphatic rings. The van der Waals surface area contributed by atoms with Gasteiger partial charge in [-0.2, -0.15) is 0 Å². The minimum Gasteiger partial charge on any atom is -0.493 e. The predicted octanol–water partition coefficient (Wildman–Crippen LogP) is 5.45. The topological polar surface area (TPSA) is 61.0 Å². The van der Waals surface area contributed by atoms with Crippen molar-refractivity contribution < 1.29 is 18.7 Å². The molecule has 2 heterocycles. The summed E-state index contributed by atoms with van der Waals surface area (Å²) in [6, 6.07) is 18.7. The number of rotatable bonds is 5. The van der Waals surface area contributed by atoms with E-state index in [2.05, 4.69) is 20.9 Å². The number of aliphatic imine (C=N–C) groups is 1. The van der Waals surface area contributed by atoms with E-state index >= 15 is 0 Å². The van der Waals surface area contributed by atoms with Crippen LogP contribution in [0.5, 0.6) is 5.75 Å². The van der Waals surface area contributed by atoms with Crippen LogP contribution in [0, 0.1) is 0 Å². The Morgan fingerprint density at radius 3 is 2.64 bits per heavy atom. The molecule has 0 aliphatic carbocycles. The van der Waals surface area contributed by atoms with Crippen LogP contribution < -0.4 is 4.74 Å². The number of halogens is 1. The number of furan rings is 1. The average Bonchev–Trinajstić information content (AvgIpc) is 3.31. The Balaban J connectivity index is 1.62. The molecule has 1 aromatic heterocycles. The summed E-state index contributed by atoms with van der Waals surface area (Å²) in [4.78, 5) is 16.6. The van der Waals surface area contributed by atoms with Crippen LogP contribution in [0.2, 0.25) is 0 Å². The molecule has 0 spiro atoms. The Bertz CT molecular complexity index is 1080. The molecule has 0 bridgehead atoms. The molecular formula is C22H16BrNO4. The number of hydrogen-bond acceptors (Lipinski definition) is 5. The molecule has 0 unspecified atom stereocenters. The summed E-state index contributed by atoms with van der Waals surface area (Å²) in [5, 5.41) is 0. The van der Waals surface area contributed by atoms with E-state index < -0.39 is 5.97 Å². The number of nitrogens with zero attached hydrogens (tertiary/aromatic N) is 1. The van der Waals surface area contributed by atoms with Crippen LogP contribution >= 0.6 is 15.9 Å². The molecule has 0 radical (unpaired) electrons. The fourth-order valence-corrected chi connectivity index (χ4v) is 3.05. The van der Waals surface area contributed by atoms with Gasteiger partial charge in [-0.25, -0.2) is 9.79 Å². The Kier molecular flexibility index (Phi) is 5.12. The molecular weight excluding hydrogens is 422 g/mol. The number of carbonyl (C=O) groups is 1. The summed E-state index contributed by atoms with van der Waals surface area (Å²) in [6.07, 6.45) is 1.57. The Labute approximate surface area is 170 Å². The van der Waals surface area contributed by atoms with E-state index in [-0.39, 0.29) is 11.6 Å². The van der Waals surface area contributed by atoms with Gasteiger partial charge in [0.05, 0.1) is 12.2 Å². The molecule has 0 fully saturated rings. The third kappa shape index (κ3) is 3.77. The molecule has 4 rings (SSSR count). The maximum absolute atomic E-state index is 12.3. The van der Waals surface area contributed by atoms with E-state index in [0.29, 0.717) is 29.4 Å². The van der Waals surface area contributed by atoms with Gasteiger partial charge in [-0.3, -0.25) is 0 Å². The van der Waals surface area contributed by atoms with Crippen LogP contribution in [0.4, 0.5) is 0 Å². The highest BCUT2D eigenvalue weighted by Crippen LogP contribution is 2.28. The van der Waals surface area contributed by atoms with Crippen LogP contribution in [-0.2, 0) is 9.53 Å². The lowest BCUT2D eigenvalue weighted by atomic mass is 10.2. The molecule has 1 aliphatic heterocycles. The van der Waals surface area contributed by atoms with Crippen LogP contribution in [0.1, 0.15) is 18.2 Å². The fourth-order valence-electron chi connectivity index (χ4n) is 2.78. The highest BCUT2D eigenvalue weighted by molar-refractivity contribution is 9.10. The molecule has 2 aromatic carbocycles. The number of ether oxygens (including phenoxy) is 2. The number of hydrogen-bond donors (Lipinski definition) is 0. The summed E-state index contributed by atoms with van der Waals surface area (Å²) in [7, 11) is 0. The molecule has 0 N–H and O–H groups in total. The van der Waals surface area contributed by atoms with Crippen molar-refractivity contribution in [1.82, 2.24) is 0 Å². The zero-order chi connectivity index (χ0) is 19.5. The van der Waals surface area contributed by atoms with Crippen molar-refractivity contribution in [3.05, 3.63) is 82.2 Å². The number of cyclic esters (lactones) is 1. The van der Waals surface area contributed by atoms with Crippen molar-refractivity contribution in [2.45, 2.75) is 6.92 Å². The van der Waals surface area contributed by atoms with Gasteiger partial charge in [0, 0.05) is 16.1 Å². The Morgan fingerprint density at radius 1 is 1.07 bits per heavy atom. The number of para-hydroxylation sites is 1. The highest BCUT2D eigenvalue weighted by atomic mass is 79.9. The third-order valence-electron chi connectivity index (χ3n) is 4.07. The van der Waals surface area contributed by atoms with Crippen LogP contribution in [-0.4, -0.2) is 18.5 Å². The zero-order valence-electron chi connectivity index (χ0n) is 15.0. The quantitative estimate of drug-likeness (QED) is 0.393. The second kappa shape index (κ2) is 7.86. The minimum atomic E-state index is -0.525. The van der Waals surface area contributed by atoms with E-state index in [4.69, 9.17) is 13.9 Å². The second-order valence-corrected chi connectivity index (χ2v) is 6.89. The van der Waals surface area contributed by atoms with Gasteiger partial charge in [-0.05, 0) is 43.3 Å². The van der Waals surface area contributed by atoms with Crippen molar-refractivity contribution in [1.29, 1.82) is 0 Å². The maximum atomic E-state index is 12.3. The molecule has 140 valence electrons. The van der Waals surface area contributed by atoms with E-state index in [1.54, 1.807) is 18.2 Å².